The van der Waals surface area contributed by atoms with Crippen LogP contribution < -0.4 is 15.4 Å². The highest BCUT2D eigenvalue weighted by Crippen LogP contribution is 2.25. The zero-order valence-corrected chi connectivity index (χ0v) is 12.7. The second-order valence-corrected chi connectivity index (χ2v) is 5.91. The van der Waals surface area contributed by atoms with Gasteiger partial charge in [-0.15, -0.1) is 11.8 Å². The maximum absolute atomic E-state index is 12.0. The number of hydrogen-bond acceptors (Lipinski definition) is 5. The van der Waals surface area contributed by atoms with Crippen LogP contribution in [0.15, 0.2) is 24.3 Å². The molecule has 0 aliphatic carbocycles. The fraction of sp³-hybridized carbons (Fsp3) is 0.357. The maximum Gasteiger partial charge on any atom is 0.327 e. The highest BCUT2D eigenvalue weighted by Gasteiger charge is 2.33. The number of aliphatic carboxylic acids is 1. The molecule has 1 fully saturated rings. The van der Waals surface area contributed by atoms with Gasteiger partial charge in [-0.3, -0.25) is 9.59 Å². The number of para-hydroxylation sites is 2. The van der Waals surface area contributed by atoms with E-state index in [1.165, 1.54) is 18.9 Å². The average Bonchev–Trinajstić information content (AvgIpc) is 2.49. The first-order valence-corrected chi connectivity index (χ1v) is 7.63. The van der Waals surface area contributed by atoms with Crippen LogP contribution in [0.25, 0.3) is 0 Å². The van der Waals surface area contributed by atoms with Crippen LogP contribution >= 0.6 is 11.8 Å². The summed E-state index contributed by atoms with van der Waals surface area (Å²) in [5.74, 6) is -1.06. The molecule has 0 bridgehead atoms. The first-order valence-electron chi connectivity index (χ1n) is 6.59. The zero-order chi connectivity index (χ0) is 16.1. The number of carbonyl (C=O) groups is 3. The third-order valence-corrected chi connectivity index (χ3v) is 4.43. The van der Waals surface area contributed by atoms with E-state index in [2.05, 4.69) is 10.6 Å². The Morgan fingerprint density at radius 3 is 2.82 bits per heavy atom. The van der Waals surface area contributed by atoms with Crippen molar-refractivity contribution in [2.75, 3.05) is 18.2 Å². The summed E-state index contributed by atoms with van der Waals surface area (Å²) in [5, 5.41) is 13.3. The van der Waals surface area contributed by atoms with E-state index in [0.29, 0.717) is 11.4 Å². The van der Waals surface area contributed by atoms with Crippen LogP contribution in [0.2, 0.25) is 0 Å². The lowest BCUT2D eigenvalue weighted by Gasteiger charge is -2.25. The Labute approximate surface area is 131 Å². The molecule has 1 aliphatic rings. The summed E-state index contributed by atoms with van der Waals surface area (Å²) in [6, 6.07) is 6.06. The summed E-state index contributed by atoms with van der Waals surface area (Å²) in [5.41, 5.74) is 0.527. The molecular formula is C14H16N2O5S. The molecule has 0 unspecified atom stereocenters. The molecule has 2 rings (SSSR count). The Morgan fingerprint density at radius 2 is 2.18 bits per heavy atom. The van der Waals surface area contributed by atoms with Crippen LogP contribution in [0.5, 0.6) is 5.75 Å². The lowest BCUT2D eigenvalue weighted by Crippen LogP contribution is -2.51. The summed E-state index contributed by atoms with van der Waals surface area (Å²) in [6.07, 6.45) is -0.0269. The largest absolute Gasteiger partial charge is 0.495 e. The lowest BCUT2D eigenvalue weighted by molar-refractivity contribution is -0.141. The van der Waals surface area contributed by atoms with Gasteiger partial charge in [-0.25, -0.2) is 4.79 Å². The molecule has 1 saturated heterocycles. The van der Waals surface area contributed by atoms with Crippen molar-refractivity contribution in [3.05, 3.63) is 24.3 Å². The first kappa shape index (κ1) is 16.2. The van der Waals surface area contributed by atoms with E-state index in [1.54, 1.807) is 24.3 Å². The number of hydrogen-bond donors (Lipinski definition) is 3. The first-order chi connectivity index (χ1) is 10.5. The fourth-order valence-electron chi connectivity index (χ4n) is 2.00. The van der Waals surface area contributed by atoms with E-state index < -0.39 is 23.2 Å². The minimum atomic E-state index is -1.07. The van der Waals surface area contributed by atoms with Gasteiger partial charge in [0.25, 0.3) is 0 Å². The monoisotopic (exact) mass is 324 g/mol. The molecule has 1 aliphatic heterocycles. The Balaban J connectivity index is 1.93. The highest BCUT2D eigenvalue weighted by atomic mass is 32.2. The molecule has 8 heteroatoms. The molecule has 0 spiro atoms. The number of carbonyl (C=O) groups excluding carboxylic acids is 2. The van der Waals surface area contributed by atoms with E-state index in [0.717, 1.165) is 0 Å². The molecule has 0 aromatic heterocycles. The molecule has 0 saturated carbocycles. The van der Waals surface area contributed by atoms with Crippen LogP contribution in [0.1, 0.15) is 6.42 Å². The van der Waals surface area contributed by atoms with E-state index in [4.69, 9.17) is 9.84 Å². The molecule has 22 heavy (non-hydrogen) atoms. The standard InChI is InChI=1S/C14H16N2O5S/c1-21-10-5-3-2-4-8(10)15-12(17)6-11-13(18)16-9(7-22-11)14(19)20/h2-5,9,11H,6-7H2,1H3,(H,15,17)(H,16,18)(H,19,20)/t9-,11+/m1/s1. The van der Waals surface area contributed by atoms with Gasteiger partial charge in [0.1, 0.15) is 11.8 Å². The smallest absolute Gasteiger partial charge is 0.327 e. The molecule has 3 N–H and O–H groups in total. The Hall–Kier alpha value is -2.22. The molecule has 1 aromatic carbocycles. The van der Waals surface area contributed by atoms with Gasteiger partial charge in [-0.05, 0) is 12.1 Å². The molecular weight excluding hydrogens is 308 g/mol. The number of rotatable bonds is 5. The molecule has 2 atom stereocenters. The number of anilines is 1. The number of methoxy groups -OCH3 is 1. The second-order valence-electron chi connectivity index (χ2n) is 4.67. The molecule has 0 radical (unpaired) electrons. The van der Waals surface area contributed by atoms with Crippen LogP contribution in [-0.2, 0) is 14.4 Å². The van der Waals surface area contributed by atoms with Crippen molar-refractivity contribution in [2.45, 2.75) is 17.7 Å². The third kappa shape index (κ3) is 3.91. The summed E-state index contributed by atoms with van der Waals surface area (Å²) in [4.78, 5) is 34.7. The predicted molar refractivity (Wildman–Crippen MR) is 82.1 cm³/mol. The van der Waals surface area contributed by atoms with E-state index >= 15 is 0 Å². The Kier molecular flexibility index (Phi) is 5.26. The van der Waals surface area contributed by atoms with Crippen molar-refractivity contribution in [3.63, 3.8) is 0 Å². The van der Waals surface area contributed by atoms with Crippen LogP contribution in [0.3, 0.4) is 0 Å². The summed E-state index contributed by atoms with van der Waals surface area (Å²) < 4.78 is 5.13. The predicted octanol–water partition coefficient (Wildman–Crippen LogP) is 0.709. The molecule has 118 valence electrons. The van der Waals surface area contributed by atoms with Gasteiger partial charge in [0.15, 0.2) is 0 Å². The normalized spacial score (nSPS) is 20.9. The van der Waals surface area contributed by atoms with E-state index in [9.17, 15) is 14.4 Å². The molecule has 1 heterocycles. The maximum atomic E-state index is 12.0. The van der Waals surface area contributed by atoms with Gasteiger partial charge in [0, 0.05) is 12.2 Å². The number of carboxylic acids is 1. The lowest BCUT2D eigenvalue weighted by atomic mass is 10.2. The number of nitrogens with one attached hydrogen (secondary N) is 2. The topological polar surface area (TPSA) is 105 Å². The van der Waals surface area contributed by atoms with Gasteiger partial charge in [-0.2, -0.15) is 0 Å². The second kappa shape index (κ2) is 7.17. The number of amides is 2. The van der Waals surface area contributed by atoms with Gasteiger partial charge >= 0.3 is 5.97 Å². The van der Waals surface area contributed by atoms with Crippen LogP contribution in [0, 0.1) is 0 Å². The van der Waals surface area contributed by atoms with Crippen molar-refractivity contribution < 1.29 is 24.2 Å². The van der Waals surface area contributed by atoms with E-state index in [-0.39, 0.29) is 18.1 Å². The van der Waals surface area contributed by atoms with Crippen molar-refractivity contribution in [3.8, 4) is 5.75 Å². The highest BCUT2D eigenvalue weighted by molar-refractivity contribution is 8.00. The van der Waals surface area contributed by atoms with Gasteiger partial charge in [0.05, 0.1) is 18.0 Å². The molecule has 1 aromatic rings. The number of thioether (sulfide) groups is 1. The average molecular weight is 324 g/mol. The van der Waals surface area contributed by atoms with Gasteiger partial charge in [0.2, 0.25) is 11.8 Å². The Morgan fingerprint density at radius 1 is 1.45 bits per heavy atom. The summed E-state index contributed by atoms with van der Waals surface area (Å²) in [7, 11) is 1.50. The third-order valence-electron chi connectivity index (χ3n) is 3.12. The zero-order valence-electron chi connectivity index (χ0n) is 11.9. The summed E-state index contributed by atoms with van der Waals surface area (Å²) in [6.45, 7) is 0. The van der Waals surface area contributed by atoms with Crippen LogP contribution in [-0.4, -0.2) is 47.0 Å². The molecule has 2 amide bonds. The number of benzene rings is 1. The van der Waals surface area contributed by atoms with Crippen molar-refractivity contribution in [1.29, 1.82) is 0 Å². The van der Waals surface area contributed by atoms with E-state index in [1.807, 2.05) is 0 Å². The minimum absolute atomic E-state index is 0.0269. The number of ether oxygens (including phenoxy) is 1. The van der Waals surface area contributed by atoms with Crippen LogP contribution in [0.4, 0.5) is 5.69 Å². The fourth-order valence-corrected chi connectivity index (χ4v) is 3.14. The Bertz CT molecular complexity index is 592. The van der Waals surface area contributed by atoms with Gasteiger partial charge in [-0.1, -0.05) is 12.1 Å². The quantitative estimate of drug-likeness (QED) is 0.737. The minimum Gasteiger partial charge on any atom is -0.495 e. The van der Waals surface area contributed by atoms with Crippen molar-refractivity contribution in [2.24, 2.45) is 0 Å². The van der Waals surface area contributed by atoms with Crippen molar-refractivity contribution >= 4 is 35.2 Å². The van der Waals surface area contributed by atoms with Gasteiger partial charge < -0.3 is 20.5 Å². The SMILES string of the molecule is COc1ccccc1NC(=O)C[C@@H]1SC[C@H](C(=O)O)NC1=O. The molecule has 7 nitrogen and oxygen atoms in total. The van der Waals surface area contributed by atoms with Crippen molar-refractivity contribution in [1.82, 2.24) is 5.32 Å². The number of carboxylic acid groups (broad SMARTS) is 1. The summed E-state index contributed by atoms with van der Waals surface area (Å²) >= 11 is 1.17.